The SMILES string of the molecule is COc1ccccc1C(=O)CCC(=O)Nc1cccc(-c2csc(-c3ccccn3)n2)c1. The van der Waals surface area contributed by atoms with Crippen LogP contribution in [0.1, 0.15) is 23.2 Å². The minimum atomic E-state index is -0.224. The molecule has 0 aliphatic carbocycles. The Morgan fingerprint density at radius 2 is 1.81 bits per heavy atom. The van der Waals surface area contributed by atoms with E-state index in [1.165, 1.54) is 18.4 Å². The van der Waals surface area contributed by atoms with Crippen LogP contribution in [0.2, 0.25) is 0 Å². The smallest absolute Gasteiger partial charge is 0.224 e. The third-order valence-electron chi connectivity index (χ3n) is 4.82. The summed E-state index contributed by atoms with van der Waals surface area (Å²) < 4.78 is 5.22. The monoisotopic (exact) mass is 443 g/mol. The number of hydrogen-bond donors (Lipinski definition) is 1. The van der Waals surface area contributed by atoms with Crippen molar-refractivity contribution in [2.24, 2.45) is 0 Å². The lowest BCUT2D eigenvalue weighted by molar-refractivity contribution is -0.116. The first-order valence-corrected chi connectivity index (χ1v) is 11.0. The summed E-state index contributed by atoms with van der Waals surface area (Å²) in [4.78, 5) is 33.9. The van der Waals surface area contributed by atoms with Crippen molar-refractivity contribution >= 4 is 28.7 Å². The topological polar surface area (TPSA) is 81.2 Å². The number of Topliss-reactive ketones (excluding diaryl/α,β-unsaturated/α-hetero) is 1. The number of anilines is 1. The van der Waals surface area contributed by atoms with Gasteiger partial charge in [-0.2, -0.15) is 0 Å². The molecule has 0 atom stereocenters. The molecule has 4 aromatic rings. The van der Waals surface area contributed by atoms with Crippen LogP contribution >= 0.6 is 11.3 Å². The number of benzene rings is 2. The minimum absolute atomic E-state index is 0.0850. The first-order chi connectivity index (χ1) is 15.6. The van der Waals surface area contributed by atoms with E-state index in [1.54, 1.807) is 30.5 Å². The molecule has 4 rings (SSSR count). The predicted molar refractivity (Wildman–Crippen MR) is 126 cm³/mol. The number of carbonyl (C=O) groups is 2. The van der Waals surface area contributed by atoms with Crippen molar-refractivity contribution in [3.8, 4) is 27.7 Å². The highest BCUT2D eigenvalue weighted by Crippen LogP contribution is 2.29. The van der Waals surface area contributed by atoms with Crippen LogP contribution in [0.3, 0.4) is 0 Å². The lowest BCUT2D eigenvalue weighted by Crippen LogP contribution is -2.13. The van der Waals surface area contributed by atoms with Gasteiger partial charge in [0.2, 0.25) is 5.91 Å². The Labute approximate surface area is 189 Å². The number of nitrogens with zero attached hydrogens (tertiary/aromatic N) is 2. The summed E-state index contributed by atoms with van der Waals surface area (Å²) in [6, 6.07) is 20.2. The highest BCUT2D eigenvalue weighted by molar-refractivity contribution is 7.13. The molecule has 1 N–H and O–H groups in total. The Kier molecular flexibility index (Phi) is 6.67. The maximum Gasteiger partial charge on any atom is 0.224 e. The van der Waals surface area contributed by atoms with Crippen molar-refractivity contribution in [1.82, 2.24) is 9.97 Å². The van der Waals surface area contributed by atoms with Gasteiger partial charge in [0.25, 0.3) is 0 Å². The zero-order valence-electron chi connectivity index (χ0n) is 17.4. The Bertz CT molecular complexity index is 1240. The number of aromatic nitrogens is 2. The second-order valence-corrected chi connectivity index (χ2v) is 7.86. The standard InChI is InChI=1S/C25H21N3O3S/c1-31-23-11-3-2-9-19(23)22(29)12-13-24(30)27-18-8-6-7-17(15-18)21-16-32-25(28-21)20-10-4-5-14-26-20/h2-11,14-16H,12-13H2,1H3,(H,27,30). The Balaban J connectivity index is 1.39. The molecule has 0 saturated heterocycles. The number of rotatable bonds is 8. The normalized spacial score (nSPS) is 10.5. The van der Waals surface area contributed by atoms with E-state index in [1.807, 2.05) is 47.8 Å². The van der Waals surface area contributed by atoms with Gasteiger partial charge in [0.05, 0.1) is 24.1 Å². The molecule has 1 amide bonds. The van der Waals surface area contributed by atoms with Gasteiger partial charge in [-0.1, -0.05) is 30.3 Å². The fourth-order valence-electron chi connectivity index (χ4n) is 3.23. The number of carbonyl (C=O) groups excluding carboxylic acids is 2. The number of methoxy groups -OCH3 is 1. The molecule has 0 radical (unpaired) electrons. The fourth-order valence-corrected chi connectivity index (χ4v) is 4.03. The van der Waals surface area contributed by atoms with Gasteiger partial charge >= 0.3 is 0 Å². The number of para-hydroxylation sites is 1. The molecule has 160 valence electrons. The van der Waals surface area contributed by atoms with E-state index in [0.29, 0.717) is 17.0 Å². The van der Waals surface area contributed by atoms with Crippen molar-refractivity contribution < 1.29 is 14.3 Å². The number of ether oxygens (including phenoxy) is 1. The van der Waals surface area contributed by atoms with Crippen molar-refractivity contribution in [3.63, 3.8) is 0 Å². The maximum absolute atomic E-state index is 12.5. The molecular formula is C25H21N3O3S. The van der Waals surface area contributed by atoms with Crippen molar-refractivity contribution in [3.05, 3.63) is 83.9 Å². The number of thiazole rings is 1. The van der Waals surface area contributed by atoms with Crippen LogP contribution in [0.25, 0.3) is 22.0 Å². The van der Waals surface area contributed by atoms with Crippen LogP contribution < -0.4 is 10.1 Å². The second kappa shape index (κ2) is 9.98. The van der Waals surface area contributed by atoms with Gasteiger partial charge in [0.15, 0.2) is 5.78 Å². The quantitative estimate of drug-likeness (QED) is 0.365. The molecular weight excluding hydrogens is 422 g/mol. The van der Waals surface area contributed by atoms with E-state index in [2.05, 4.69) is 15.3 Å². The molecule has 0 fully saturated rings. The largest absolute Gasteiger partial charge is 0.496 e. The second-order valence-electron chi connectivity index (χ2n) is 7.01. The van der Waals surface area contributed by atoms with E-state index < -0.39 is 0 Å². The zero-order chi connectivity index (χ0) is 22.3. The van der Waals surface area contributed by atoms with E-state index in [4.69, 9.17) is 4.74 Å². The van der Waals surface area contributed by atoms with Gasteiger partial charge < -0.3 is 10.1 Å². The molecule has 0 spiro atoms. The number of nitrogens with one attached hydrogen (secondary N) is 1. The Morgan fingerprint density at radius 3 is 2.62 bits per heavy atom. The summed E-state index contributed by atoms with van der Waals surface area (Å²) in [5.74, 6) is 0.160. The summed E-state index contributed by atoms with van der Waals surface area (Å²) in [6.07, 6.45) is 1.93. The van der Waals surface area contributed by atoms with Gasteiger partial charge in [-0.15, -0.1) is 11.3 Å². The summed E-state index contributed by atoms with van der Waals surface area (Å²) in [5.41, 5.74) is 3.68. The highest BCUT2D eigenvalue weighted by atomic mass is 32.1. The lowest BCUT2D eigenvalue weighted by atomic mass is 10.1. The summed E-state index contributed by atoms with van der Waals surface area (Å²) >= 11 is 1.52. The van der Waals surface area contributed by atoms with E-state index in [0.717, 1.165) is 22.0 Å². The van der Waals surface area contributed by atoms with E-state index in [-0.39, 0.29) is 24.5 Å². The Hall–Kier alpha value is -3.84. The average molecular weight is 444 g/mol. The first kappa shape index (κ1) is 21.4. The number of amides is 1. The molecule has 32 heavy (non-hydrogen) atoms. The summed E-state index contributed by atoms with van der Waals surface area (Å²) in [7, 11) is 1.52. The fraction of sp³-hybridized carbons (Fsp3) is 0.120. The minimum Gasteiger partial charge on any atom is -0.496 e. The lowest BCUT2D eigenvalue weighted by Gasteiger charge is -2.08. The molecule has 6 nitrogen and oxygen atoms in total. The van der Waals surface area contributed by atoms with Crippen LogP contribution in [0.4, 0.5) is 5.69 Å². The molecule has 0 aliphatic heterocycles. The maximum atomic E-state index is 12.5. The summed E-state index contributed by atoms with van der Waals surface area (Å²) in [5, 5.41) is 5.67. The van der Waals surface area contributed by atoms with Gasteiger partial charge in [0, 0.05) is 35.7 Å². The molecule has 2 aromatic heterocycles. The van der Waals surface area contributed by atoms with Gasteiger partial charge in [-0.05, 0) is 36.4 Å². The van der Waals surface area contributed by atoms with Crippen molar-refractivity contribution in [2.45, 2.75) is 12.8 Å². The molecule has 0 saturated carbocycles. The first-order valence-electron chi connectivity index (χ1n) is 10.1. The van der Waals surface area contributed by atoms with E-state index >= 15 is 0 Å². The van der Waals surface area contributed by atoms with Gasteiger partial charge in [-0.25, -0.2) is 4.98 Å². The van der Waals surface area contributed by atoms with Crippen LogP contribution in [-0.4, -0.2) is 28.8 Å². The molecule has 2 aromatic carbocycles. The predicted octanol–water partition coefficient (Wildman–Crippen LogP) is 5.48. The molecule has 2 heterocycles. The van der Waals surface area contributed by atoms with E-state index in [9.17, 15) is 9.59 Å². The summed E-state index contributed by atoms with van der Waals surface area (Å²) in [6.45, 7) is 0. The Morgan fingerprint density at radius 1 is 0.969 bits per heavy atom. The van der Waals surface area contributed by atoms with Crippen molar-refractivity contribution in [1.29, 1.82) is 0 Å². The third kappa shape index (κ3) is 5.07. The van der Waals surface area contributed by atoms with Crippen LogP contribution in [0.15, 0.2) is 78.3 Å². The van der Waals surface area contributed by atoms with Gasteiger partial charge in [-0.3, -0.25) is 14.6 Å². The van der Waals surface area contributed by atoms with Gasteiger partial charge in [0.1, 0.15) is 10.8 Å². The third-order valence-corrected chi connectivity index (χ3v) is 5.68. The van der Waals surface area contributed by atoms with Crippen LogP contribution in [-0.2, 0) is 4.79 Å². The highest BCUT2D eigenvalue weighted by Gasteiger charge is 2.14. The number of hydrogen-bond acceptors (Lipinski definition) is 6. The molecule has 0 bridgehead atoms. The van der Waals surface area contributed by atoms with Crippen LogP contribution in [0.5, 0.6) is 5.75 Å². The zero-order valence-corrected chi connectivity index (χ0v) is 18.3. The number of pyridine rings is 1. The van der Waals surface area contributed by atoms with Crippen LogP contribution in [0, 0.1) is 0 Å². The molecule has 0 aliphatic rings. The average Bonchev–Trinajstić information content (AvgIpc) is 3.34. The molecule has 7 heteroatoms. The number of ketones is 1. The molecule has 0 unspecified atom stereocenters. The van der Waals surface area contributed by atoms with Crippen molar-refractivity contribution in [2.75, 3.05) is 12.4 Å².